The average molecular weight is 298 g/mol. The number of likely N-dealkylation sites (tertiary alicyclic amines) is 1. The lowest BCUT2D eigenvalue weighted by atomic mass is 9.97. The molecule has 0 saturated carbocycles. The van der Waals surface area contributed by atoms with E-state index in [0.29, 0.717) is 6.54 Å². The molecule has 0 bridgehead atoms. The first-order chi connectivity index (χ1) is 10.7. The molecular formula is C17H22N4O. The highest BCUT2D eigenvalue weighted by molar-refractivity contribution is 5.78. The van der Waals surface area contributed by atoms with Crippen LogP contribution in [0.1, 0.15) is 18.4 Å². The van der Waals surface area contributed by atoms with E-state index in [0.717, 1.165) is 37.2 Å². The van der Waals surface area contributed by atoms with Crippen molar-refractivity contribution in [2.75, 3.05) is 20.1 Å². The van der Waals surface area contributed by atoms with Crippen molar-refractivity contribution in [2.24, 2.45) is 5.92 Å². The van der Waals surface area contributed by atoms with E-state index < -0.39 is 0 Å². The monoisotopic (exact) mass is 298 g/mol. The predicted octanol–water partition coefficient (Wildman–Crippen LogP) is 1.83. The van der Waals surface area contributed by atoms with Crippen LogP contribution in [0.4, 0.5) is 0 Å². The summed E-state index contributed by atoms with van der Waals surface area (Å²) in [6, 6.07) is 8.17. The molecule has 1 fully saturated rings. The van der Waals surface area contributed by atoms with Crippen LogP contribution in [0.3, 0.4) is 0 Å². The Morgan fingerprint density at radius 3 is 2.86 bits per heavy atom. The second kappa shape index (κ2) is 6.75. The van der Waals surface area contributed by atoms with Crippen LogP contribution in [0.2, 0.25) is 0 Å². The van der Waals surface area contributed by atoms with Gasteiger partial charge >= 0.3 is 0 Å². The van der Waals surface area contributed by atoms with Gasteiger partial charge in [-0.25, -0.2) is 4.98 Å². The Hall–Kier alpha value is -2.14. The van der Waals surface area contributed by atoms with Crippen LogP contribution in [0.15, 0.2) is 43.0 Å². The van der Waals surface area contributed by atoms with Crippen molar-refractivity contribution < 1.29 is 4.79 Å². The number of piperidine rings is 1. The van der Waals surface area contributed by atoms with Gasteiger partial charge in [0.05, 0.1) is 12.2 Å². The molecule has 0 spiro atoms. The molecule has 22 heavy (non-hydrogen) atoms. The highest BCUT2D eigenvalue weighted by Crippen LogP contribution is 2.15. The number of imidazole rings is 1. The molecule has 5 heteroatoms. The molecule has 5 nitrogen and oxygen atoms in total. The lowest BCUT2D eigenvalue weighted by Gasteiger charge is -2.28. The summed E-state index contributed by atoms with van der Waals surface area (Å²) in [6.07, 6.45) is 7.55. The highest BCUT2D eigenvalue weighted by Gasteiger charge is 2.23. The molecule has 1 aliphatic heterocycles. The standard InChI is InChI=1S/C17H22N4O/c1-20-9-2-3-15(12-20)17(22)19-11-14-4-6-16(7-5-14)21-10-8-18-13-21/h4-8,10,13,15H,2-3,9,11-12H2,1H3,(H,19,22)/t15-/m0/s1. The quantitative estimate of drug-likeness (QED) is 0.937. The van der Waals surface area contributed by atoms with Gasteiger partial charge in [0.1, 0.15) is 0 Å². The zero-order chi connectivity index (χ0) is 15.4. The molecule has 3 rings (SSSR count). The van der Waals surface area contributed by atoms with E-state index in [4.69, 9.17) is 0 Å². The number of amides is 1. The summed E-state index contributed by atoms with van der Waals surface area (Å²) < 4.78 is 1.96. The van der Waals surface area contributed by atoms with Gasteiger partial charge in [0.25, 0.3) is 0 Å². The minimum absolute atomic E-state index is 0.129. The van der Waals surface area contributed by atoms with E-state index in [1.54, 1.807) is 12.5 Å². The Kier molecular flexibility index (Phi) is 4.53. The minimum Gasteiger partial charge on any atom is -0.352 e. The minimum atomic E-state index is 0.129. The normalized spacial score (nSPS) is 19.0. The van der Waals surface area contributed by atoms with Crippen LogP contribution < -0.4 is 5.32 Å². The number of carbonyl (C=O) groups is 1. The van der Waals surface area contributed by atoms with Crippen LogP contribution in [0.5, 0.6) is 0 Å². The predicted molar refractivity (Wildman–Crippen MR) is 85.6 cm³/mol. The molecule has 2 aromatic rings. The summed E-state index contributed by atoms with van der Waals surface area (Å²) in [5, 5.41) is 3.06. The van der Waals surface area contributed by atoms with Gasteiger partial charge in [0.2, 0.25) is 5.91 Å². The number of hydrogen-bond acceptors (Lipinski definition) is 3. The van der Waals surface area contributed by atoms with Gasteiger partial charge in [-0.3, -0.25) is 4.79 Å². The molecule has 1 saturated heterocycles. The van der Waals surface area contributed by atoms with Crippen LogP contribution >= 0.6 is 0 Å². The SMILES string of the molecule is CN1CCC[C@H](C(=O)NCc2ccc(-n3ccnc3)cc2)C1. The Morgan fingerprint density at radius 1 is 1.36 bits per heavy atom. The fourth-order valence-electron chi connectivity index (χ4n) is 2.91. The Labute approximate surface area is 131 Å². The van der Waals surface area contributed by atoms with E-state index in [9.17, 15) is 4.79 Å². The highest BCUT2D eigenvalue weighted by atomic mass is 16.1. The first kappa shape index (κ1) is 14.8. The van der Waals surface area contributed by atoms with Crippen LogP contribution in [-0.2, 0) is 11.3 Å². The first-order valence-electron chi connectivity index (χ1n) is 7.76. The number of rotatable bonds is 4. The van der Waals surface area contributed by atoms with E-state index in [-0.39, 0.29) is 11.8 Å². The van der Waals surface area contributed by atoms with Crippen molar-refractivity contribution >= 4 is 5.91 Å². The summed E-state index contributed by atoms with van der Waals surface area (Å²) in [7, 11) is 2.08. The second-order valence-corrected chi connectivity index (χ2v) is 5.96. The van der Waals surface area contributed by atoms with Gasteiger partial charge in [0.15, 0.2) is 0 Å². The molecular weight excluding hydrogens is 276 g/mol. The smallest absolute Gasteiger partial charge is 0.224 e. The molecule has 1 N–H and O–H groups in total. The molecule has 1 aliphatic rings. The summed E-state index contributed by atoms with van der Waals surface area (Å²) >= 11 is 0. The number of carbonyl (C=O) groups excluding carboxylic acids is 1. The summed E-state index contributed by atoms with van der Waals surface area (Å²) in [5.74, 6) is 0.300. The van der Waals surface area contributed by atoms with E-state index in [1.165, 1.54) is 0 Å². The van der Waals surface area contributed by atoms with E-state index in [1.807, 2.05) is 35.0 Å². The number of nitrogens with one attached hydrogen (secondary N) is 1. The third-order valence-corrected chi connectivity index (χ3v) is 4.20. The van der Waals surface area contributed by atoms with Gasteiger partial charge in [-0.2, -0.15) is 0 Å². The Bertz CT molecular complexity index is 606. The maximum absolute atomic E-state index is 12.2. The number of hydrogen-bond donors (Lipinski definition) is 1. The van der Waals surface area contributed by atoms with Crippen LogP contribution in [0.25, 0.3) is 5.69 Å². The summed E-state index contributed by atoms with van der Waals surface area (Å²) in [6.45, 7) is 2.55. The van der Waals surface area contributed by atoms with Crippen molar-refractivity contribution in [3.05, 3.63) is 48.5 Å². The number of benzene rings is 1. The van der Waals surface area contributed by atoms with Crippen molar-refractivity contribution in [3.63, 3.8) is 0 Å². The summed E-state index contributed by atoms with van der Waals surface area (Å²) in [5.41, 5.74) is 2.18. The molecule has 0 unspecified atom stereocenters. The van der Waals surface area contributed by atoms with Gasteiger partial charge < -0.3 is 14.8 Å². The molecule has 116 valence electrons. The van der Waals surface area contributed by atoms with Gasteiger partial charge in [-0.15, -0.1) is 0 Å². The topological polar surface area (TPSA) is 50.2 Å². The average Bonchev–Trinajstić information content (AvgIpc) is 3.07. The number of aromatic nitrogens is 2. The lowest BCUT2D eigenvalue weighted by molar-refractivity contribution is -0.126. The van der Waals surface area contributed by atoms with Crippen molar-refractivity contribution in [1.82, 2.24) is 19.8 Å². The van der Waals surface area contributed by atoms with E-state index in [2.05, 4.69) is 22.2 Å². The third-order valence-electron chi connectivity index (χ3n) is 4.20. The Morgan fingerprint density at radius 2 is 2.18 bits per heavy atom. The molecule has 1 atom stereocenters. The molecule has 1 amide bonds. The zero-order valence-corrected chi connectivity index (χ0v) is 12.9. The van der Waals surface area contributed by atoms with Gasteiger partial charge in [-0.05, 0) is 44.1 Å². The first-order valence-corrected chi connectivity index (χ1v) is 7.76. The van der Waals surface area contributed by atoms with Crippen molar-refractivity contribution in [2.45, 2.75) is 19.4 Å². The maximum atomic E-state index is 12.2. The molecule has 2 heterocycles. The zero-order valence-electron chi connectivity index (χ0n) is 12.9. The van der Waals surface area contributed by atoms with Gasteiger partial charge in [0, 0.05) is 31.2 Å². The number of nitrogens with zero attached hydrogens (tertiary/aromatic N) is 3. The molecule has 1 aromatic carbocycles. The van der Waals surface area contributed by atoms with Crippen molar-refractivity contribution in [1.29, 1.82) is 0 Å². The largest absolute Gasteiger partial charge is 0.352 e. The molecule has 1 aromatic heterocycles. The molecule has 0 radical (unpaired) electrons. The van der Waals surface area contributed by atoms with E-state index >= 15 is 0 Å². The van der Waals surface area contributed by atoms with Crippen molar-refractivity contribution in [3.8, 4) is 5.69 Å². The third kappa shape index (κ3) is 3.54. The Balaban J connectivity index is 1.54. The maximum Gasteiger partial charge on any atom is 0.224 e. The fraction of sp³-hybridized carbons (Fsp3) is 0.412. The lowest BCUT2D eigenvalue weighted by Crippen LogP contribution is -2.41. The van der Waals surface area contributed by atoms with Crippen LogP contribution in [-0.4, -0.2) is 40.5 Å². The van der Waals surface area contributed by atoms with Gasteiger partial charge in [-0.1, -0.05) is 12.1 Å². The summed E-state index contributed by atoms with van der Waals surface area (Å²) in [4.78, 5) is 18.5. The fourth-order valence-corrected chi connectivity index (χ4v) is 2.91. The second-order valence-electron chi connectivity index (χ2n) is 5.96. The molecule has 0 aliphatic carbocycles. The van der Waals surface area contributed by atoms with Crippen LogP contribution in [0, 0.1) is 5.92 Å².